The maximum Gasteiger partial charge on any atom is 0.274 e. The molecule has 2 atom stereocenters. The summed E-state index contributed by atoms with van der Waals surface area (Å²) in [5.74, 6) is 0.900. The van der Waals surface area contributed by atoms with E-state index in [0.29, 0.717) is 35.0 Å². The SMILES string of the molecule is Cc1ncc(Cl)c(C(=O)N2C[C@H](C)[C@@H](N(C)C)C2)n1. The maximum atomic E-state index is 12.5. The molecule has 1 aliphatic rings. The Morgan fingerprint density at radius 2 is 2.16 bits per heavy atom. The molecule has 1 amide bonds. The Kier molecular flexibility index (Phi) is 4.06. The van der Waals surface area contributed by atoms with Gasteiger partial charge in [-0.05, 0) is 26.9 Å². The Balaban J connectivity index is 2.19. The summed E-state index contributed by atoms with van der Waals surface area (Å²) in [5, 5.41) is 0.316. The van der Waals surface area contributed by atoms with Crippen molar-refractivity contribution >= 4 is 17.5 Å². The third-order valence-electron chi connectivity index (χ3n) is 3.59. The molecule has 104 valence electrons. The van der Waals surface area contributed by atoms with E-state index in [4.69, 9.17) is 11.6 Å². The van der Waals surface area contributed by atoms with Gasteiger partial charge in [-0.2, -0.15) is 0 Å². The van der Waals surface area contributed by atoms with E-state index >= 15 is 0 Å². The van der Waals surface area contributed by atoms with E-state index in [-0.39, 0.29) is 5.91 Å². The van der Waals surface area contributed by atoms with Crippen molar-refractivity contribution in [3.63, 3.8) is 0 Å². The average Bonchev–Trinajstić information content (AvgIpc) is 2.74. The van der Waals surface area contributed by atoms with Crippen LogP contribution in [0, 0.1) is 12.8 Å². The molecule has 2 heterocycles. The van der Waals surface area contributed by atoms with Gasteiger partial charge in [-0.3, -0.25) is 4.79 Å². The molecule has 1 aromatic rings. The number of likely N-dealkylation sites (N-methyl/N-ethyl adjacent to an activating group) is 1. The molecule has 0 saturated carbocycles. The van der Waals surface area contributed by atoms with Crippen LogP contribution in [0.5, 0.6) is 0 Å². The minimum absolute atomic E-state index is 0.105. The number of carbonyl (C=O) groups excluding carboxylic acids is 1. The summed E-state index contributed by atoms with van der Waals surface area (Å²) in [4.78, 5) is 24.6. The first-order valence-corrected chi connectivity index (χ1v) is 6.72. The van der Waals surface area contributed by atoms with Gasteiger partial charge in [-0.15, -0.1) is 0 Å². The number of hydrogen-bond donors (Lipinski definition) is 0. The van der Waals surface area contributed by atoms with E-state index in [2.05, 4.69) is 21.8 Å². The number of aryl methyl sites for hydroxylation is 1. The van der Waals surface area contributed by atoms with Crippen LogP contribution in [0.25, 0.3) is 0 Å². The van der Waals surface area contributed by atoms with Crippen molar-refractivity contribution in [2.24, 2.45) is 5.92 Å². The normalized spacial score (nSPS) is 23.2. The van der Waals surface area contributed by atoms with Gasteiger partial charge in [-0.25, -0.2) is 9.97 Å². The number of likely N-dealkylation sites (tertiary alicyclic amines) is 1. The lowest BCUT2D eigenvalue weighted by molar-refractivity contribution is 0.0775. The second-order valence-electron chi connectivity index (χ2n) is 5.33. The van der Waals surface area contributed by atoms with E-state index in [1.54, 1.807) is 6.92 Å². The van der Waals surface area contributed by atoms with Gasteiger partial charge >= 0.3 is 0 Å². The quantitative estimate of drug-likeness (QED) is 0.824. The van der Waals surface area contributed by atoms with Crippen molar-refractivity contribution in [1.29, 1.82) is 0 Å². The van der Waals surface area contributed by atoms with Crippen LogP contribution < -0.4 is 0 Å². The summed E-state index contributed by atoms with van der Waals surface area (Å²) < 4.78 is 0. The minimum Gasteiger partial charge on any atom is -0.335 e. The molecule has 2 rings (SSSR count). The van der Waals surface area contributed by atoms with Crippen molar-refractivity contribution in [1.82, 2.24) is 19.8 Å². The molecule has 0 aliphatic carbocycles. The summed E-state index contributed by atoms with van der Waals surface area (Å²) in [6, 6.07) is 0.380. The standard InChI is InChI=1S/C13H19ClN4O/c1-8-6-18(7-11(8)17(3)4)13(19)12-10(14)5-15-9(2)16-12/h5,8,11H,6-7H2,1-4H3/t8-,11-/m0/s1. The van der Waals surface area contributed by atoms with Gasteiger partial charge in [0.15, 0.2) is 5.69 Å². The van der Waals surface area contributed by atoms with Gasteiger partial charge < -0.3 is 9.80 Å². The molecular weight excluding hydrogens is 264 g/mol. The molecule has 1 fully saturated rings. The summed E-state index contributed by atoms with van der Waals surface area (Å²) in [5.41, 5.74) is 0.306. The van der Waals surface area contributed by atoms with Gasteiger partial charge in [0.05, 0.1) is 11.2 Å². The molecule has 0 radical (unpaired) electrons. The van der Waals surface area contributed by atoms with Crippen molar-refractivity contribution in [2.75, 3.05) is 27.2 Å². The van der Waals surface area contributed by atoms with Crippen LogP contribution in [-0.2, 0) is 0 Å². The van der Waals surface area contributed by atoms with Crippen molar-refractivity contribution < 1.29 is 4.79 Å². The van der Waals surface area contributed by atoms with Crippen LogP contribution in [0.4, 0.5) is 0 Å². The monoisotopic (exact) mass is 282 g/mol. The number of halogens is 1. The summed E-state index contributed by atoms with van der Waals surface area (Å²) in [6.07, 6.45) is 1.49. The average molecular weight is 283 g/mol. The first kappa shape index (κ1) is 14.2. The Bertz CT molecular complexity index is 492. The number of nitrogens with zero attached hydrogens (tertiary/aromatic N) is 4. The first-order chi connectivity index (χ1) is 8.90. The van der Waals surface area contributed by atoms with Gasteiger partial charge in [0, 0.05) is 19.1 Å². The van der Waals surface area contributed by atoms with Crippen LogP contribution in [0.2, 0.25) is 5.02 Å². The highest BCUT2D eigenvalue weighted by molar-refractivity contribution is 6.33. The van der Waals surface area contributed by atoms with Crippen molar-refractivity contribution in [3.8, 4) is 0 Å². The largest absolute Gasteiger partial charge is 0.335 e. The highest BCUT2D eigenvalue weighted by Gasteiger charge is 2.35. The molecule has 0 spiro atoms. The highest BCUT2D eigenvalue weighted by Crippen LogP contribution is 2.23. The number of hydrogen-bond acceptors (Lipinski definition) is 4. The summed E-state index contributed by atoms with van der Waals surface area (Å²) in [7, 11) is 4.08. The molecule has 0 bridgehead atoms. The zero-order valence-electron chi connectivity index (χ0n) is 11.7. The lowest BCUT2D eigenvalue weighted by Crippen LogP contribution is -2.36. The highest BCUT2D eigenvalue weighted by atomic mass is 35.5. The second-order valence-corrected chi connectivity index (χ2v) is 5.74. The fraction of sp³-hybridized carbons (Fsp3) is 0.615. The molecule has 0 N–H and O–H groups in total. The Morgan fingerprint density at radius 3 is 2.74 bits per heavy atom. The smallest absolute Gasteiger partial charge is 0.274 e. The van der Waals surface area contributed by atoms with Gasteiger partial charge in [0.1, 0.15) is 5.82 Å². The maximum absolute atomic E-state index is 12.5. The van der Waals surface area contributed by atoms with Gasteiger partial charge in [0.2, 0.25) is 0 Å². The van der Waals surface area contributed by atoms with E-state index in [0.717, 1.165) is 6.54 Å². The molecule has 1 aromatic heterocycles. The number of rotatable bonds is 2. The molecule has 1 saturated heterocycles. The molecule has 5 nitrogen and oxygen atoms in total. The molecular formula is C13H19ClN4O. The fourth-order valence-corrected chi connectivity index (χ4v) is 2.71. The molecule has 6 heteroatoms. The lowest BCUT2D eigenvalue weighted by atomic mass is 10.1. The van der Waals surface area contributed by atoms with Crippen LogP contribution in [0.15, 0.2) is 6.20 Å². The molecule has 0 unspecified atom stereocenters. The predicted molar refractivity (Wildman–Crippen MR) is 74.3 cm³/mol. The zero-order valence-corrected chi connectivity index (χ0v) is 12.5. The number of amides is 1. The molecule has 1 aliphatic heterocycles. The number of carbonyl (C=O) groups is 1. The van der Waals surface area contributed by atoms with Crippen LogP contribution in [0.3, 0.4) is 0 Å². The number of aromatic nitrogens is 2. The van der Waals surface area contributed by atoms with Crippen molar-refractivity contribution in [2.45, 2.75) is 19.9 Å². The second kappa shape index (κ2) is 5.43. The topological polar surface area (TPSA) is 49.3 Å². The van der Waals surface area contributed by atoms with E-state index < -0.39 is 0 Å². The Morgan fingerprint density at radius 1 is 1.47 bits per heavy atom. The molecule has 0 aromatic carbocycles. The van der Waals surface area contributed by atoms with Crippen LogP contribution >= 0.6 is 11.6 Å². The Hall–Kier alpha value is -1.20. The van der Waals surface area contributed by atoms with Crippen LogP contribution in [0.1, 0.15) is 23.2 Å². The molecule has 19 heavy (non-hydrogen) atoms. The third-order valence-corrected chi connectivity index (χ3v) is 3.87. The summed E-state index contributed by atoms with van der Waals surface area (Å²) >= 11 is 6.02. The lowest BCUT2D eigenvalue weighted by Gasteiger charge is -2.22. The van der Waals surface area contributed by atoms with Gasteiger partial charge in [-0.1, -0.05) is 18.5 Å². The van der Waals surface area contributed by atoms with Crippen LogP contribution in [-0.4, -0.2) is 58.9 Å². The minimum atomic E-state index is -0.105. The van der Waals surface area contributed by atoms with E-state index in [9.17, 15) is 4.79 Å². The Labute approximate surface area is 118 Å². The van der Waals surface area contributed by atoms with E-state index in [1.807, 2.05) is 19.0 Å². The predicted octanol–water partition coefficient (Wildman–Crippen LogP) is 1.46. The summed E-state index contributed by atoms with van der Waals surface area (Å²) in [6.45, 7) is 5.36. The van der Waals surface area contributed by atoms with Gasteiger partial charge in [0.25, 0.3) is 5.91 Å². The zero-order chi connectivity index (χ0) is 14.2. The third kappa shape index (κ3) is 2.87. The first-order valence-electron chi connectivity index (χ1n) is 6.35. The van der Waals surface area contributed by atoms with Crippen molar-refractivity contribution in [3.05, 3.63) is 22.7 Å². The fourth-order valence-electron chi connectivity index (χ4n) is 2.54. The van der Waals surface area contributed by atoms with E-state index in [1.165, 1.54) is 6.20 Å².